The van der Waals surface area contributed by atoms with E-state index in [0.717, 1.165) is 22.0 Å². The fourth-order valence-corrected chi connectivity index (χ4v) is 2.36. The molecule has 0 fully saturated rings. The van der Waals surface area contributed by atoms with E-state index in [1.807, 2.05) is 18.2 Å². The number of aliphatic carboxylic acids is 1. The summed E-state index contributed by atoms with van der Waals surface area (Å²) >= 11 is 3.36. The predicted molar refractivity (Wildman–Crippen MR) is 60.0 cm³/mol. The van der Waals surface area contributed by atoms with Crippen molar-refractivity contribution in [3.8, 4) is 6.07 Å². The Kier molecular flexibility index (Phi) is 2.80. The summed E-state index contributed by atoms with van der Waals surface area (Å²) < 4.78 is 0.958. The average Bonchev–Trinajstić information content (AvgIpc) is 2.62. The number of halogens is 1. The number of nitrogens with zero attached hydrogens (tertiary/aromatic N) is 1. The number of carbonyl (C=O) groups excluding carboxylic acids is 1. The van der Waals surface area contributed by atoms with Crippen molar-refractivity contribution in [2.45, 2.75) is 12.8 Å². The SMILES string of the molecule is N#CC(C(=O)[O-])=C1CCc2cc(Br)ccc21. The van der Waals surface area contributed by atoms with E-state index in [1.165, 1.54) is 0 Å². The van der Waals surface area contributed by atoms with Crippen LogP contribution in [-0.2, 0) is 11.2 Å². The van der Waals surface area contributed by atoms with Crippen LogP contribution in [0.4, 0.5) is 0 Å². The number of aryl methyl sites for hydroxylation is 1. The molecule has 1 aromatic rings. The van der Waals surface area contributed by atoms with Crippen LogP contribution in [0, 0.1) is 11.3 Å². The number of carboxylic acid groups (broad SMARTS) is 1. The summed E-state index contributed by atoms with van der Waals surface area (Å²) in [6.45, 7) is 0. The first-order chi connectivity index (χ1) is 7.63. The number of carboxylic acids is 1. The van der Waals surface area contributed by atoms with Crippen LogP contribution in [-0.4, -0.2) is 5.97 Å². The molecule has 16 heavy (non-hydrogen) atoms. The van der Waals surface area contributed by atoms with Gasteiger partial charge in [0.1, 0.15) is 6.07 Å². The number of allylic oxidation sites excluding steroid dienone is 1. The van der Waals surface area contributed by atoms with Gasteiger partial charge in [0, 0.05) is 4.47 Å². The molecule has 4 heteroatoms. The third-order valence-corrected chi connectivity index (χ3v) is 3.15. The number of hydrogen-bond acceptors (Lipinski definition) is 3. The number of benzene rings is 1. The molecular weight excluding hydrogens is 270 g/mol. The molecule has 0 aromatic heterocycles. The molecule has 0 saturated heterocycles. The van der Waals surface area contributed by atoms with Crippen molar-refractivity contribution in [2.24, 2.45) is 0 Å². The second-order valence-corrected chi connectivity index (χ2v) is 4.47. The van der Waals surface area contributed by atoms with Crippen molar-refractivity contribution >= 4 is 27.5 Å². The van der Waals surface area contributed by atoms with E-state index in [-0.39, 0.29) is 5.57 Å². The lowest BCUT2D eigenvalue weighted by molar-refractivity contribution is -0.298. The van der Waals surface area contributed by atoms with Crippen LogP contribution in [0.25, 0.3) is 5.57 Å². The second-order valence-electron chi connectivity index (χ2n) is 3.55. The van der Waals surface area contributed by atoms with Crippen LogP contribution in [0.2, 0.25) is 0 Å². The minimum absolute atomic E-state index is 0.249. The van der Waals surface area contributed by atoms with Gasteiger partial charge in [0.2, 0.25) is 0 Å². The van der Waals surface area contributed by atoms with Crippen LogP contribution in [0.5, 0.6) is 0 Å². The minimum atomic E-state index is -1.40. The topological polar surface area (TPSA) is 63.9 Å². The number of fused-ring (bicyclic) bond motifs is 1. The Bertz CT molecular complexity index is 540. The van der Waals surface area contributed by atoms with Crippen molar-refractivity contribution < 1.29 is 9.90 Å². The summed E-state index contributed by atoms with van der Waals surface area (Å²) in [5, 5.41) is 19.6. The van der Waals surface area contributed by atoms with E-state index in [9.17, 15) is 9.90 Å². The summed E-state index contributed by atoms with van der Waals surface area (Å²) in [7, 11) is 0. The molecule has 1 aromatic carbocycles. The molecule has 0 spiro atoms. The molecule has 0 bridgehead atoms. The number of hydrogen-bond donors (Lipinski definition) is 0. The minimum Gasteiger partial charge on any atom is -0.544 e. The van der Waals surface area contributed by atoms with Gasteiger partial charge in [0.05, 0.1) is 11.5 Å². The van der Waals surface area contributed by atoms with Gasteiger partial charge in [-0.2, -0.15) is 5.26 Å². The van der Waals surface area contributed by atoms with Gasteiger partial charge in [-0.1, -0.05) is 22.0 Å². The highest BCUT2D eigenvalue weighted by atomic mass is 79.9. The molecule has 0 atom stereocenters. The summed E-state index contributed by atoms with van der Waals surface area (Å²) in [6, 6.07) is 7.33. The zero-order chi connectivity index (χ0) is 11.7. The fraction of sp³-hybridized carbons (Fsp3) is 0.167. The molecule has 1 aliphatic rings. The predicted octanol–water partition coefficient (Wildman–Crippen LogP) is 1.42. The van der Waals surface area contributed by atoms with Gasteiger partial charge in [-0.15, -0.1) is 0 Å². The van der Waals surface area contributed by atoms with E-state index in [4.69, 9.17) is 5.26 Å². The van der Waals surface area contributed by atoms with Crippen LogP contribution in [0.1, 0.15) is 17.5 Å². The molecule has 80 valence electrons. The van der Waals surface area contributed by atoms with Crippen LogP contribution in [0.3, 0.4) is 0 Å². The third kappa shape index (κ3) is 1.74. The molecule has 0 N–H and O–H groups in total. The standard InChI is InChI=1S/C12H8BrNO2/c13-8-2-4-9-7(5-8)1-3-10(9)11(6-14)12(15)16/h2,4-5H,1,3H2,(H,15,16)/p-1. The molecule has 1 aliphatic carbocycles. The van der Waals surface area contributed by atoms with E-state index in [2.05, 4.69) is 15.9 Å². The maximum atomic E-state index is 10.8. The largest absolute Gasteiger partial charge is 0.544 e. The summed E-state index contributed by atoms with van der Waals surface area (Å²) in [5.74, 6) is -1.40. The van der Waals surface area contributed by atoms with Crippen molar-refractivity contribution in [3.63, 3.8) is 0 Å². The molecule has 2 rings (SSSR count). The van der Waals surface area contributed by atoms with E-state index < -0.39 is 5.97 Å². The van der Waals surface area contributed by atoms with E-state index in [0.29, 0.717) is 12.0 Å². The van der Waals surface area contributed by atoms with Crippen molar-refractivity contribution in [1.82, 2.24) is 0 Å². The van der Waals surface area contributed by atoms with Gasteiger partial charge in [-0.25, -0.2) is 0 Å². The highest BCUT2D eigenvalue weighted by Gasteiger charge is 2.20. The lowest BCUT2D eigenvalue weighted by atomic mass is 10.0. The first-order valence-electron chi connectivity index (χ1n) is 4.77. The highest BCUT2D eigenvalue weighted by molar-refractivity contribution is 9.10. The molecule has 0 aliphatic heterocycles. The Morgan fingerprint density at radius 2 is 2.19 bits per heavy atom. The Morgan fingerprint density at radius 3 is 2.81 bits per heavy atom. The normalized spacial score (nSPS) is 16.5. The van der Waals surface area contributed by atoms with Crippen molar-refractivity contribution in [1.29, 1.82) is 5.26 Å². The molecule has 0 amide bonds. The van der Waals surface area contributed by atoms with Gasteiger partial charge >= 0.3 is 0 Å². The lowest BCUT2D eigenvalue weighted by Gasteiger charge is -2.06. The van der Waals surface area contributed by atoms with Crippen molar-refractivity contribution in [3.05, 3.63) is 39.4 Å². The molecule has 0 unspecified atom stereocenters. The van der Waals surface area contributed by atoms with Gasteiger partial charge in [0.15, 0.2) is 0 Å². The Hall–Kier alpha value is -1.60. The van der Waals surface area contributed by atoms with Crippen LogP contribution >= 0.6 is 15.9 Å². The van der Waals surface area contributed by atoms with E-state index in [1.54, 1.807) is 6.07 Å². The molecular formula is C12H7BrNO2-. The monoisotopic (exact) mass is 276 g/mol. The number of nitriles is 1. The quantitative estimate of drug-likeness (QED) is 0.576. The average molecular weight is 277 g/mol. The Morgan fingerprint density at radius 1 is 1.44 bits per heavy atom. The molecule has 0 heterocycles. The smallest absolute Gasteiger partial charge is 0.101 e. The molecule has 3 nitrogen and oxygen atoms in total. The third-order valence-electron chi connectivity index (χ3n) is 2.65. The number of rotatable bonds is 1. The van der Waals surface area contributed by atoms with E-state index >= 15 is 0 Å². The fourth-order valence-electron chi connectivity index (χ4n) is 1.95. The summed E-state index contributed by atoms with van der Waals surface area (Å²) in [5.41, 5.74) is 2.26. The lowest BCUT2D eigenvalue weighted by Crippen LogP contribution is -2.24. The van der Waals surface area contributed by atoms with Gasteiger partial charge in [-0.05, 0) is 41.7 Å². The molecule has 0 saturated carbocycles. The van der Waals surface area contributed by atoms with Crippen LogP contribution in [0.15, 0.2) is 28.2 Å². The zero-order valence-corrected chi connectivity index (χ0v) is 9.87. The highest BCUT2D eigenvalue weighted by Crippen LogP contribution is 2.35. The van der Waals surface area contributed by atoms with Crippen LogP contribution < -0.4 is 5.11 Å². The Balaban J connectivity index is 2.60. The summed E-state index contributed by atoms with van der Waals surface area (Å²) in [6.07, 6.45) is 1.35. The second kappa shape index (κ2) is 4.11. The maximum Gasteiger partial charge on any atom is 0.101 e. The number of carbonyl (C=O) groups is 1. The first kappa shape index (κ1) is 10.9. The first-order valence-corrected chi connectivity index (χ1v) is 5.56. The van der Waals surface area contributed by atoms with Crippen molar-refractivity contribution in [2.75, 3.05) is 0 Å². The zero-order valence-electron chi connectivity index (χ0n) is 8.29. The van der Waals surface area contributed by atoms with Gasteiger partial charge in [0.25, 0.3) is 0 Å². The summed E-state index contributed by atoms with van der Waals surface area (Å²) in [4.78, 5) is 10.8. The maximum absolute atomic E-state index is 10.8. The van der Waals surface area contributed by atoms with Gasteiger partial charge < -0.3 is 9.90 Å². The molecule has 0 radical (unpaired) electrons. The van der Waals surface area contributed by atoms with Gasteiger partial charge in [-0.3, -0.25) is 0 Å². The Labute approximate surface area is 101 Å².